The molecule has 2 rings (SSSR count). The van der Waals surface area contributed by atoms with E-state index in [0.717, 1.165) is 29.9 Å². The van der Waals surface area contributed by atoms with Crippen molar-refractivity contribution in [2.24, 2.45) is 11.8 Å². The minimum absolute atomic E-state index is 0.661. The molecule has 0 saturated heterocycles. The molecule has 1 saturated carbocycles. The summed E-state index contributed by atoms with van der Waals surface area (Å²) in [6.07, 6.45) is 7.29. The number of nitrogens with one attached hydrogen (secondary N) is 1. The van der Waals surface area contributed by atoms with Crippen LogP contribution in [0.25, 0.3) is 0 Å². The highest BCUT2D eigenvalue weighted by molar-refractivity contribution is 5.01. The van der Waals surface area contributed by atoms with Crippen molar-refractivity contribution in [2.75, 3.05) is 0 Å². The lowest BCUT2D eigenvalue weighted by Gasteiger charge is -2.35. The largest absolute Gasteiger partial charge is 0.308 e. The molecule has 1 aliphatic carbocycles. The summed E-state index contributed by atoms with van der Waals surface area (Å²) >= 11 is 0. The molecule has 0 aliphatic heterocycles. The van der Waals surface area contributed by atoms with Crippen molar-refractivity contribution < 1.29 is 0 Å². The zero-order chi connectivity index (χ0) is 13.0. The lowest BCUT2D eigenvalue weighted by atomic mass is 9.78. The van der Waals surface area contributed by atoms with E-state index in [-0.39, 0.29) is 0 Å². The topological polar surface area (TPSA) is 37.8 Å². The van der Waals surface area contributed by atoms with Crippen molar-refractivity contribution in [2.45, 2.75) is 59.0 Å². The molecule has 0 bridgehead atoms. The fourth-order valence-corrected chi connectivity index (χ4v) is 3.05. The molecule has 2 atom stereocenters. The summed E-state index contributed by atoms with van der Waals surface area (Å²) in [6.45, 7) is 7.51. The molecule has 1 fully saturated rings. The maximum atomic E-state index is 4.45. The second-order valence-corrected chi connectivity index (χ2v) is 5.77. The molecule has 2 unspecified atom stereocenters. The summed E-state index contributed by atoms with van der Waals surface area (Å²) in [5, 5.41) is 3.71. The van der Waals surface area contributed by atoms with Crippen LogP contribution in [0.5, 0.6) is 0 Å². The molecular weight excluding hydrogens is 222 g/mol. The average Bonchev–Trinajstić information content (AvgIpc) is 2.37. The highest BCUT2D eigenvalue weighted by atomic mass is 15.0. The van der Waals surface area contributed by atoms with Crippen LogP contribution in [0.2, 0.25) is 0 Å². The summed E-state index contributed by atoms with van der Waals surface area (Å²) in [6, 6.07) is 2.67. The Morgan fingerprint density at radius 3 is 2.83 bits per heavy atom. The smallest absolute Gasteiger partial charge is 0.125 e. The normalized spacial score (nSPS) is 24.4. The third-order valence-corrected chi connectivity index (χ3v) is 4.05. The first-order valence-corrected chi connectivity index (χ1v) is 7.18. The molecule has 1 heterocycles. The lowest BCUT2D eigenvalue weighted by molar-refractivity contribution is 0.204. The van der Waals surface area contributed by atoms with Crippen LogP contribution in [0, 0.1) is 18.8 Å². The molecular formula is C15H25N3. The third kappa shape index (κ3) is 3.52. The van der Waals surface area contributed by atoms with E-state index in [0.29, 0.717) is 6.04 Å². The van der Waals surface area contributed by atoms with E-state index in [4.69, 9.17) is 0 Å². The molecule has 1 aliphatic rings. The molecule has 0 amide bonds. The highest BCUT2D eigenvalue weighted by Crippen LogP contribution is 2.30. The minimum Gasteiger partial charge on any atom is -0.308 e. The van der Waals surface area contributed by atoms with E-state index < -0.39 is 0 Å². The molecule has 1 aromatic heterocycles. The molecule has 3 nitrogen and oxygen atoms in total. The molecule has 1 aromatic rings. The Hall–Kier alpha value is -0.960. The summed E-state index contributed by atoms with van der Waals surface area (Å²) in [7, 11) is 0. The van der Waals surface area contributed by atoms with Crippen LogP contribution in [-0.4, -0.2) is 16.0 Å². The van der Waals surface area contributed by atoms with Crippen molar-refractivity contribution in [3.63, 3.8) is 0 Å². The van der Waals surface area contributed by atoms with Gasteiger partial charge in [-0.05, 0) is 37.7 Å². The third-order valence-electron chi connectivity index (χ3n) is 4.05. The number of aryl methyl sites for hydroxylation is 1. The maximum Gasteiger partial charge on any atom is 0.125 e. The average molecular weight is 247 g/mol. The van der Waals surface area contributed by atoms with Gasteiger partial charge in [-0.3, -0.25) is 0 Å². The van der Waals surface area contributed by atoms with Gasteiger partial charge in [0, 0.05) is 18.8 Å². The van der Waals surface area contributed by atoms with Crippen LogP contribution in [0.3, 0.4) is 0 Å². The Labute approximate surface area is 110 Å². The van der Waals surface area contributed by atoms with Gasteiger partial charge in [0.25, 0.3) is 0 Å². The van der Waals surface area contributed by atoms with E-state index in [1.165, 1.54) is 25.7 Å². The number of nitrogens with zero attached hydrogens (tertiary/aromatic N) is 2. The second-order valence-electron chi connectivity index (χ2n) is 5.77. The van der Waals surface area contributed by atoms with Crippen LogP contribution < -0.4 is 5.32 Å². The molecule has 1 N–H and O–H groups in total. The molecule has 100 valence electrons. The van der Waals surface area contributed by atoms with Gasteiger partial charge in [0.1, 0.15) is 5.82 Å². The Morgan fingerprint density at radius 2 is 2.11 bits per heavy atom. The molecule has 0 radical (unpaired) electrons. The summed E-state index contributed by atoms with van der Waals surface area (Å²) in [4.78, 5) is 8.59. The van der Waals surface area contributed by atoms with E-state index in [2.05, 4.69) is 29.1 Å². The number of hydrogen-bond donors (Lipinski definition) is 1. The Bertz CT molecular complexity index is 376. The van der Waals surface area contributed by atoms with E-state index in [9.17, 15) is 0 Å². The summed E-state index contributed by atoms with van der Waals surface area (Å²) in [5.41, 5.74) is 1.11. The Morgan fingerprint density at radius 1 is 1.33 bits per heavy atom. The molecule has 0 spiro atoms. The van der Waals surface area contributed by atoms with Crippen LogP contribution in [0.1, 0.15) is 51.0 Å². The van der Waals surface area contributed by atoms with Crippen LogP contribution in [0.4, 0.5) is 0 Å². The number of rotatable bonds is 4. The maximum absolute atomic E-state index is 4.45. The number of aromatic nitrogens is 2. The lowest BCUT2D eigenvalue weighted by Crippen LogP contribution is -2.40. The van der Waals surface area contributed by atoms with E-state index >= 15 is 0 Å². The van der Waals surface area contributed by atoms with E-state index in [1.54, 1.807) is 0 Å². The van der Waals surface area contributed by atoms with Gasteiger partial charge in [-0.25, -0.2) is 9.97 Å². The molecule has 18 heavy (non-hydrogen) atoms. The van der Waals surface area contributed by atoms with Crippen molar-refractivity contribution >= 4 is 0 Å². The predicted molar refractivity (Wildman–Crippen MR) is 74.2 cm³/mol. The monoisotopic (exact) mass is 247 g/mol. The molecule has 0 aromatic carbocycles. The zero-order valence-corrected chi connectivity index (χ0v) is 11.8. The van der Waals surface area contributed by atoms with Gasteiger partial charge < -0.3 is 5.32 Å². The van der Waals surface area contributed by atoms with Crippen molar-refractivity contribution in [3.8, 4) is 0 Å². The Balaban J connectivity index is 1.91. The van der Waals surface area contributed by atoms with Crippen molar-refractivity contribution in [3.05, 3.63) is 23.8 Å². The minimum atomic E-state index is 0.661. The van der Waals surface area contributed by atoms with Gasteiger partial charge >= 0.3 is 0 Å². The second kappa shape index (κ2) is 6.28. The van der Waals surface area contributed by atoms with Crippen LogP contribution >= 0.6 is 0 Å². The molecule has 3 heteroatoms. The first-order chi connectivity index (χ1) is 8.66. The van der Waals surface area contributed by atoms with Gasteiger partial charge in [-0.2, -0.15) is 0 Å². The first-order valence-electron chi connectivity index (χ1n) is 7.18. The first kappa shape index (κ1) is 13.5. The van der Waals surface area contributed by atoms with Crippen LogP contribution in [-0.2, 0) is 6.54 Å². The summed E-state index contributed by atoms with van der Waals surface area (Å²) < 4.78 is 0. The standard InChI is InChI=1S/C15H25N3/c1-11(2)14-6-4-5-7-15(14)17-10-13-8-9-16-12(3)18-13/h8-9,11,14-15,17H,4-7,10H2,1-3H3. The van der Waals surface area contributed by atoms with Gasteiger partial charge in [0.05, 0.1) is 5.69 Å². The fraction of sp³-hybridized carbons (Fsp3) is 0.733. The van der Waals surface area contributed by atoms with Gasteiger partial charge in [0.2, 0.25) is 0 Å². The summed E-state index contributed by atoms with van der Waals surface area (Å²) in [5.74, 6) is 2.45. The van der Waals surface area contributed by atoms with Crippen molar-refractivity contribution in [1.29, 1.82) is 0 Å². The fourth-order valence-electron chi connectivity index (χ4n) is 3.05. The predicted octanol–water partition coefficient (Wildman–Crippen LogP) is 3.09. The van der Waals surface area contributed by atoms with Gasteiger partial charge in [0.15, 0.2) is 0 Å². The zero-order valence-electron chi connectivity index (χ0n) is 11.8. The highest BCUT2D eigenvalue weighted by Gasteiger charge is 2.26. The Kier molecular flexibility index (Phi) is 4.70. The van der Waals surface area contributed by atoms with E-state index in [1.807, 2.05) is 19.2 Å². The SMILES string of the molecule is Cc1nccc(CNC2CCCCC2C(C)C)n1. The number of hydrogen-bond acceptors (Lipinski definition) is 3. The quantitative estimate of drug-likeness (QED) is 0.888. The van der Waals surface area contributed by atoms with Crippen molar-refractivity contribution in [1.82, 2.24) is 15.3 Å². The van der Waals surface area contributed by atoms with Crippen LogP contribution in [0.15, 0.2) is 12.3 Å². The van der Waals surface area contributed by atoms with Gasteiger partial charge in [-0.1, -0.05) is 26.7 Å². The van der Waals surface area contributed by atoms with Gasteiger partial charge in [-0.15, -0.1) is 0 Å².